The molecule has 2 saturated heterocycles. The molecular formula is C20H28N2O2S. The Morgan fingerprint density at radius 1 is 1.08 bits per heavy atom. The van der Waals surface area contributed by atoms with Gasteiger partial charge in [0, 0.05) is 38.3 Å². The highest BCUT2D eigenvalue weighted by atomic mass is 32.2. The summed E-state index contributed by atoms with van der Waals surface area (Å²) in [5.74, 6) is 1.50. The Hall–Kier alpha value is -1.17. The SMILES string of the molecule is CC(=Cc1ccccc1)CN1CCN(CC2CC2)[C@@H]2CS(=O)(=O)C[C@@H]21. The van der Waals surface area contributed by atoms with Crippen molar-refractivity contribution in [1.82, 2.24) is 9.80 Å². The van der Waals surface area contributed by atoms with Crippen molar-refractivity contribution in [2.24, 2.45) is 5.92 Å². The molecule has 4 rings (SSSR count). The van der Waals surface area contributed by atoms with Crippen LogP contribution in [0.4, 0.5) is 0 Å². The van der Waals surface area contributed by atoms with Crippen molar-refractivity contribution in [3.8, 4) is 0 Å². The van der Waals surface area contributed by atoms with E-state index >= 15 is 0 Å². The van der Waals surface area contributed by atoms with Crippen LogP contribution in [0, 0.1) is 5.92 Å². The van der Waals surface area contributed by atoms with Crippen LogP contribution in [0.1, 0.15) is 25.3 Å². The number of sulfone groups is 1. The summed E-state index contributed by atoms with van der Waals surface area (Å²) < 4.78 is 24.6. The van der Waals surface area contributed by atoms with E-state index in [9.17, 15) is 8.42 Å². The zero-order chi connectivity index (χ0) is 17.4. The van der Waals surface area contributed by atoms with Crippen LogP contribution in [0.15, 0.2) is 35.9 Å². The smallest absolute Gasteiger partial charge is 0.153 e. The second-order valence-electron chi connectivity index (χ2n) is 8.02. The minimum atomic E-state index is -2.91. The standard InChI is InChI=1S/C20H28N2O2S/c1-16(11-17-5-3-2-4-6-17)12-21-9-10-22(13-18-7-8-18)20-15-25(23,24)14-19(20)21/h2-6,11,18-20H,7-10,12-15H2,1H3/t19-,20+/m0/s1. The normalized spacial score (nSPS) is 30.4. The summed E-state index contributed by atoms with van der Waals surface area (Å²) in [4.78, 5) is 4.88. The van der Waals surface area contributed by atoms with Crippen LogP contribution in [0.2, 0.25) is 0 Å². The summed E-state index contributed by atoms with van der Waals surface area (Å²) >= 11 is 0. The van der Waals surface area contributed by atoms with Crippen LogP contribution in [0.5, 0.6) is 0 Å². The van der Waals surface area contributed by atoms with Gasteiger partial charge in [0.1, 0.15) is 0 Å². The third-order valence-corrected chi connectivity index (χ3v) is 7.46. The number of benzene rings is 1. The van der Waals surface area contributed by atoms with Crippen LogP contribution in [0.3, 0.4) is 0 Å². The van der Waals surface area contributed by atoms with Crippen LogP contribution >= 0.6 is 0 Å². The molecule has 2 aliphatic heterocycles. The molecule has 1 aromatic carbocycles. The van der Waals surface area contributed by atoms with Gasteiger partial charge < -0.3 is 0 Å². The Morgan fingerprint density at radius 2 is 1.72 bits per heavy atom. The van der Waals surface area contributed by atoms with Gasteiger partial charge >= 0.3 is 0 Å². The van der Waals surface area contributed by atoms with Gasteiger partial charge in [-0.05, 0) is 31.2 Å². The van der Waals surface area contributed by atoms with Crippen molar-refractivity contribution in [2.75, 3.05) is 37.7 Å². The first-order valence-electron chi connectivity index (χ1n) is 9.41. The predicted octanol–water partition coefficient (Wildman–Crippen LogP) is 2.28. The lowest BCUT2D eigenvalue weighted by atomic mass is 10.0. The van der Waals surface area contributed by atoms with Gasteiger partial charge in [0.15, 0.2) is 9.84 Å². The lowest BCUT2D eigenvalue weighted by Gasteiger charge is -2.44. The van der Waals surface area contributed by atoms with Gasteiger partial charge in [-0.2, -0.15) is 0 Å². The average molecular weight is 361 g/mol. The Morgan fingerprint density at radius 3 is 2.40 bits per heavy atom. The summed E-state index contributed by atoms with van der Waals surface area (Å²) in [6, 6.07) is 10.7. The zero-order valence-corrected chi connectivity index (χ0v) is 15.8. The van der Waals surface area contributed by atoms with Crippen LogP contribution in [0.25, 0.3) is 6.08 Å². The number of rotatable bonds is 5. The van der Waals surface area contributed by atoms with Gasteiger partial charge in [-0.3, -0.25) is 9.80 Å². The van der Waals surface area contributed by atoms with Gasteiger partial charge in [0.2, 0.25) is 0 Å². The monoisotopic (exact) mass is 360 g/mol. The number of nitrogens with zero attached hydrogens (tertiary/aromatic N) is 2. The van der Waals surface area contributed by atoms with Gasteiger partial charge in [0.25, 0.3) is 0 Å². The maximum atomic E-state index is 12.3. The lowest BCUT2D eigenvalue weighted by molar-refractivity contribution is 0.0486. The quantitative estimate of drug-likeness (QED) is 0.808. The number of fused-ring (bicyclic) bond motifs is 1. The van der Waals surface area contributed by atoms with Crippen molar-refractivity contribution in [1.29, 1.82) is 0 Å². The van der Waals surface area contributed by atoms with Crippen LogP contribution in [-0.2, 0) is 9.84 Å². The van der Waals surface area contributed by atoms with Crippen molar-refractivity contribution in [3.05, 3.63) is 41.5 Å². The fourth-order valence-electron chi connectivity index (χ4n) is 4.35. The molecule has 0 bridgehead atoms. The number of hydrogen-bond donors (Lipinski definition) is 0. The molecule has 2 heterocycles. The topological polar surface area (TPSA) is 40.6 Å². The molecule has 0 N–H and O–H groups in total. The first-order valence-corrected chi connectivity index (χ1v) is 11.2. The van der Waals surface area contributed by atoms with E-state index in [1.807, 2.05) is 6.07 Å². The minimum Gasteiger partial charge on any atom is -0.296 e. The molecule has 1 saturated carbocycles. The highest BCUT2D eigenvalue weighted by Gasteiger charge is 2.47. The van der Waals surface area contributed by atoms with Gasteiger partial charge in [-0.15, -0.1) is 0 Å². The van der Waals surface area contributed by atoms with Crippen molar-refractivity contribution in [3.63, 3.8) is 0 Å². The molecule has 0 aromatic heterocycles. The fraction of sp³-hybridized carbons (Fsp3) is 0.600. The molecule has 0 radical (unpaired) electrons. The van der Waals surface area contributed by atoms with E-state index in [1.165, 1.54) is 24.0 Å². The van der Waals surface area contributed by atoms with E-state index in [0.29, 0.717) is 11.5 Å². The van der Waals surface area contributed by atoms with Gasteiger partial charge in [-0.1, -0.05) is 42.0 Å². The third-order valence-electron chi connectivity index (χ3n) is 5.76. The molecule has 3 fully saturated rings. The fourth-order valence-corrected chi connectivity index (χ4v) is 6.39. The molecule has 2 atom stereocenters. The maximum absolute atomic E-state index is 12.3. The van der Waals surface area contributed by atoms with Crippen LogP contribution < -0.4 is 0 Å². The first-order chi connectivity index (χ1) is 12.0. The van der Waals surface area contributed by atoms with E-state index in [0.717, 1.165) is 32.1 Å². The third kappa shape index (κ3) is 4.15. The summed E-state index contributed by atoms with van der Waals surface area (Å²) in [6.07, 6.45) is 4.86. The Labute approximate surface area is 151 Å². The minimum absolute atomic E-state index is 0.164. The molecule has 4 nitrogen and oxygen atoms in total. The van der Waals surface area contributed by atoms with Crippen molar-refractivity contribution < 1.29 is 8.42 Å². The first kappa shape index (κ1) is 17.3. The molecule has 25 heavy (non-hydrogen) atoms. The molecule has 3 aliphatic rings. The summed E-state index contributed by atoms with van der Waals surface area (Å²) in [5, 5.41) is 0. The zero-order valence-electron chi connectivity index (χ0n) is 15.0. The Bertz CT molecular complexity index is 740. The molecule has 0 spiro atoms. The van der Waals surface area contributed by atoms with E-state index in [1.54, 1.807) is 0 Å². The summed E-state index contributed by atoms with van der Waals surface area (Å²) in [5.41, 5.74) is 2.51. The predicted molar refractivity (Wildman–Crippen MR) is 102 cm³/mol. The van der Waals surface area contributed by atoms with E-state index in [-0.39, 0.29) is 12.1 Å². The second-order valence-corrected chi connectivity index (χ2v) is 10.2. The molecular weight excluding hydrogens is 332 g/mol. The molecule has 0 unspecified atom stereocenters. The highest BCUT2D eigenvalue weighted by molar-refractivity contribution is 7.91. The summed E-state index contributed by atoms with van der Waals surface area (Å²) in [6.45, 7) is 6.10. The highest BCUT2D eigenvalue weighted by Crippen LogP contribution is 2.34. The van der Waals surface area contributed by atoms with Gasteiger partial charge in [0.05, 0.1) is 11.5 Å². The maximum Gasteiger partial charge on any atom is 0.153 e. The Kier molecular flexibility index (Phi) is 4.73. The van der Waals surface area contributed by atoms with E-state index in [2.05, 4.69) is 47.1 Å². The van der Waals surface area contributed by atoms with Gasteiger partial charge in [-0.25, -0.2) is 8.42 Å². The Balaban J connectivity index is 1.47. The van der Waals surface area contributed by atoms with Crippen molar-refractivity contribution in [2.45, 2.75) is 31.8 Å². The molecule has 136 valence electrons. The summed E-state index contributed by atoms with van der Waals surface area (Å²) in [7, 11) is -2.91. The lowest BCUT2D eigenvalue weighted by Crippen LogP contribution is -2.59. The largest absolute Gasteiger partial charge is 0.296 e. The van der Waals surface area contributed by atoms with Crippen molar-refractivity contribution >= 4 is 15.9 Å². The molecule has 5 heteroatoms. The van der Waals surface area contributed by atoms with Crippen LogP contribution in [-0.4, -0.2) is 68.0 Å². The molecule has 0 amide bonds. The average Bonchev–Trinajstić information content (AvgIpc) is 3.31. The molecule has 1 aliphatic carbocycles. The number of piperazine rings is 1. The van der Waals surface area contributed by atoms with E-state index in [4.69, 9.17) is 0 Å². The second kappa shape index (κ2) is 6.86. The van der Waals surface area contributed by atoms with E-state index < -0.39 is 9.84 Å². The molecule has 1 aromatic rings. The number of hydrogen-bond acceptors (Lipinski definition) is 4.